The van der Waals surface area contributed by atoms with Gasteiger partial charge in [0.2, 0.25) is 0 Å². The van der Waals surface area contributed by atoms with E-state index in [9.17, 15) is 4.79 Å². The molecule has 1 aromatic carbocycles. The van der Waals surface area contributed by atoms with Gasteiger partial charge in [0.1, 0.15) is 5.82 Å². The average molecular weight is 216 g/mol. The van der Waals surface area contributed by atoms with Crippen molar-refractivity contribution < 1.29 is 9.90 Å². The van der Waals surface area contributed by atoms with Crippen LogP contribution in [0.2, 0.25) is 0 Å². The van der Waals surface area contributed by atoms with Gasteiger partial charge < -0.3 is 10.1 Å². The molecule has 0 unspecified atom stereocenters. The van der Waals surface area contributed by atoms with E-state index in [1.165, 1.54) is 0 Å². The highest BCUT2D eigenvalue weighted by molar-refractivity contribution is 5.68. The van der Waals surface area contributed by atoms with Crippen molar-refractivity contribution >= 4 is 5.97 Å². The van der Waals surface area contributed by atoms with Crippen molar-refractivity contribution in [2.45, 2.75) is 12.3 Å². The van der Waals surface area contributed by atoms with E-state index in [0.717, 1.165) is 5.56 Å². The molecule has 0 aliphatic heterocycles. The Morgan fingerprint density at radius 1 is 1.38 bits per heavy atom. The van der Waals surface area contributed by atoms with Crippen molar-refractivity contribution in [2.24, 2.45) is 0 Å². The first-order chi connectivity index (χ1) is 7.77. The van der Waals surface area contributed by atoms with Gasteiger partial charge in [0.05, 0.1) is 12.3 Å². The summed E-state index contributed by atoms with van der Waals surface area (Å²) in [5.41, 5.74) is 0.958. The number of imidazole rings is 1. The number of nitrogens with one attached hydrogen (secondary N) is 1. The fourth-order valence-electron chi connectivity index (χ4n) is 1.70. The van der Waals surface area contributed by atoms with E-state index in [1.807, 2.05) is 30.3 Å². The summed E-state index contributed by atoms with van der Waals surface area (Å²) in [6.07, 6.45) is 3.37. The van der Waals surface area contributed by atoms with Crippen molar-refractivity contribution in [3.8, 4) is 0 Å². The van der Waals surface area contributed by atoms with Crippen LogP contribution in [0.3, 0.4) is 0 Å². The zero-order chi connectivity index (χ0) is 11.4. The lowest BCUT2D eigenvalue weighted by Gasteiger charge is -2.12. The molecule has 1 aromatic heterocycles. The standard InChI is InChI=1S/C12H12N2O2/c15-11(16)8-10(12-13-6-7-14-12)9-4-2-1-3-5-9/h1-7,10H,8H2,(H,13,14)(H,15,16)/t10-/m1/s1. The molecule has 0 aliphatic carbocycles. The molecule has 2 rings (SSSR count). The van der Waals surface area contributed by atoms with Crippen molar-refractivity contribution in [3.63, 3.8) is 0 Å². The Kier molecular flexibility index (Phi) is 3.00. The molecule has 82 valence electrons. The van der Waals surface area contributed by atoms with Gasteiger partial charge in [-0.1, -0.05) is 30.3 Å². The first-order valence-corrected chi connectivity index (χ1v) is 5.03. The summed E-state index contributed by atoms with van der Waals surface area (Å²) in [5, 5.41) is 8.90. The second kappa shape index (κ2) is 4.61. The number of hydrogen-bond acceptors (Lipinski definition) is 2. The minimum Gasteiger partial charge on any atom is -0.481 e. The summed E-state index contributed by atoms with van der Waals surface area (Å²) < 4.78 is 0. The minimum atomic E-state index is -0.828. The lowest BCUT2D eigenvalue weighted by atomic mass is 9.95. The SMILES string of the molecule is O=C(O)C[C@H](c1ccccc1)c1ncc[nH]1. The zero-order valence-electron chi connectivity index (χ0n) is 8.63. The number of H-pyrrole nitrogens is 1. The molecule has 0 bridgehead atoms. The van der Waals surface area contributed by atoms with Gasteiger partial charge in [-0.25, -0.2) is 4.98 Å². The molecule has 16 heavy (non-hydrogen) atoms. The lowest BCUT2D eigenvalue weighted by Crippen LogP contribution is -2.09. The van der Waals surface area contributed by atoms with E-state index in [2.05, 4.69) is 9.97 Å². The van der Waals surface area contributed by atoms with Crippen molar-refractivity contribution in [1.29, 1.82) is 0 Å². The number of aliphatic carboxylic acids is 1. The lowest BCUT2D eigenvalue weighted by molar-refractivity contribution is -0.137. The van der Waals surface area contributed by atoms with Crippen molar-refractivity contribution in [2.75, 3.05) is 0 Å². The topological polar surface area (TPSA) is 66.0 Å². The van der Waals surface area contributed by atoms with Crippen LogP contribution in [0.5, 0.6) is 0 Å². The van der Waals surface area contributed by atoms with Gasteiger partial charge >= 0.3 is 5.97 Å². The summed E-state index contributed by atoms with van der Waals surface area (Å²) >= 11 is 0. The quantitative estimate of drug-likeness (QED) is 0.821. The Labute approximate surface area is 93.0 Å². The van der Waals surface area contributed by atoms with Gasteiger partial charge in [0, 0.05) is 12.4 Å². The number of aromatic nitrogens is 2. The first-order valence-electron chi connectivity index (χ1n) is 5.03. The summed E-state index contributed by atoms with van der Waals surface area (Å²) in [6.45, 7) is 0. The molecule has 0 radical (unpaired) electrons. The maximum atomic E-state index is 10.8. The summed E-state index contributed by atoms with van der Waals surface area (Å²) in [6, 6.07) is 9.52. The van der Waals surface area contributed by atoms with Crippen LogP contribution in [-0.2, 0) is 4.79 Å². The first kappa shape index (κ1) is 10.4. The zero-order valence-corrected chi connectivity index (χ0v) is 8.63. The van der Waals surface area contributed by atoms with E-state index < -0.39 is 5.97 Å². The van der Waals surface area contributed by atoms with E-state index in [1.54, 1.807) is 12.4 Å². The van der Waals surface area contributed by atoms with Crippen LogP contribution in [0.25, 0.3) is 0 Å². The van der Waals surface area contributed by atoms with Crippen LogP contribution < -0.4 is 0 Å². The Balaban J connectivity index is 2.32. The number of carboxylic acid groups (broad SMARTS) is 1. The third-order valence-electron chi connectivity index (χ3n) is 2.43. The summed E-state index contributed by atoms with van der Waals surface area (Å²) in [4.78, 5) is 17.9. The molecule has 0 amide bonds. The third kappa shape index (κ3) is 2.28. The second-order valence-corrected chi connectivity index (χ2v) is 3.54. The number of rotatable bonds is 4. The number of carboxylic acids is 1. The normalized spacial score (nSPS) is 12.2. The summed E-state index contributed by atoms with van der Waals surface area (Å²) in [5.74, 6) is -0.354. The van der Waals surface area contributed by atoms with Crippen molar-refractivity contribution in [1.82, 2.24) is 9.97 Å². The van der Waals surface area contributed by atoms with Gasteiger partial charge in [0.25, 0.3) is 0 Å². The smallest absolute Gasteiger partial charge is 0.304 e. The van der Waals surface area contributed by atoms with Gasteiger partial charge in [-0.2, -0.15) is 0 Å². The predicted octanol–water partition coefficient (Wildman–Crippen LogP) is 2.02. The molecule has 4 nitrogen and oxygen atoms in total. The Hall–Kier alpha value is -2.10. The third-order valence-corrected chi connectivity index (χ3v) is 2.43. The Bertz CT molecular complexity index is 451. The Morgan fingerprint density at radius 3 is 2.69 bits per heavy atom. The highest BCUT2D eigenvalue weighted by atomic mass is 16.4. The maximum absolute atomic E-state index is 10.8. The minimum absolute atomic E-state index is 0.0392. The molecule has 2 N–H and O–H groups in total. The average Bonchev–Trinajstić information content (AvgIpc) is 2.80. The predicted molar refractivity (Wildman–Crippen MR) is 59.1 cm³/mol. The van der Waals surface area contributed by atoms with Crippen molar-refractivity contribution in [3.05, 3.63) is 54.1 Å². The van der Waals surface area contributed by atoms with Crippen LogP contribution in [-0.4, -0.2) is 21.0 Å². The van der Waals surface area contributed by atoms with Gasteiger partial charge in [-0.15, -0.1) is 0 Å². The molecule has 0 saturated heterocycles. The van der Waals surface area contributed by atoms with E-state index in [0.29, 0.717) is 5.82 Å². The number of hydrogen-bond donors (Lipinski definition) is 2. The van der Waals surface area contributed by atoms with Gasteiger partial charge in [-0.3, -0.25) is 4.79 Å². The highest BCUT2D eigenvalue weighted by Gasteiger charge is 2.19. The number of aromatic amines is 1. The monoisotopic (exact) mass is 216 g/mol. The van der Waals surface area contributed by atoms with E-state index >= 15 is 0 Å². The molecule has 2 aromatic rings. The summed E-state index contributed by atoms with van der Waals surface area (Å²) in [7, 11) is 0. The highest BCUT2D eigenvalue weighted by Crippen LogP contribution is 2.24. The second-order valence-electron chi connectivity index (χ2n) is 3.54. The van der Waals surface area contributed by atoms with Crippen LogP contribution in [0, 0.1) is 0 Å². The molecule has 0 fully saturated rings. The molecule has 0 saturated carbocycles. The molecule has 4 heteroatoms. The van der Waals surface area contributed by atoms with Gasteiger partial charge in [-0.05, 0) is 5.56 Å². The molecule has 1 atom stereocenters. The molecular weight excluding hydrogens is 204 g/mol. The van der Waals surface area contributed by atoms with E-state index in [4.69, 9.17) is 5.11 Å². The molecule has 0 spiro atoms. The fourth-order valence-corrected chi connectivity index (χ4v) is 1.70. The van der Waals surface area contributed by atoms with Crippen LogP contribution in [0.1, 0.15) is 23.7 Å². The number of carbonyl (C=O) groups is 1. The molecular formula is C12H12N2O2. The molecule has 1 heterocycles. The molecule has 0 aliphatic rings. The number of benzene rings is 1. The van der Waals surface area contributed by atoms with Gasteiger partial charge in [0.15, 0.2) is 0 Å². The van der Waals surface area contributed by atoms with E-state index in [-0.39, 0.29) is 12.3 Å². The largest absolute Gasteiger partial charge is 0.481 e. The fraction of sp³-hybridized carbons (Fsp3) is 0.167. The van der Waals surface area contributed by atoms with Crippen LogP contribution in [0.4, 0.5) is 0 Å². The van der Waals surface area contributed by atoms with Crippen LogP contribution >= 0.6 is 0 Å². The maximum Gasteiger partial charge on any atom is 0.304 e. The Morgan fingerprint density at radius 2 is 2.12 bits per heavy atom. The van der Waals surface area contributed by atoms with Crippen LogP contribution in [0.15, 0.2) is 42.7 Å². The number of nitrogens with zero attached hydrogens (tertiary/aromatic N) is 1.